The third-order valence-electron chi connectivity index (χ3n) is 5.34. The lowest BCUT2D eigenvalue weighted by molar-refractivity contribution is 0.204. The number of hydrogen-bond donors (Lipinski definition) is 0. The Bertz CT molecular complexity index is 325. The predicted molar refractivity (Wildman–Crippen MR) is 57.8 cm³/mol. The first-order valence-corrected chi connectivity index (χ1v) is 6.23. The van der Waals surface area contributed by atoms with Crippen LogP contribution in [0.3, 0.4) is 0 Å². The molecule has 0 saturated heterocycles. The Balaban J connectivity index is 1.70. The van der Waals surface area contributed by atoms with Crippen LogP contribution in [0.25, 0.3) is 0 Å². The average Bonchev–Trinajstić information content (AvgIpc) is 2.98. The Hall–Kier alpha value is -0.520. The van der Waals surface area contributed by atoms with Crippen molar-refractivity contribution in [1.29, 1.82) is 0 Å². The Morgan fingerprint density at radius 2 is 2.00 bits per heavy atom. The average molecular weight is 186 g/mol. The molecule has 2 saturated carbocycles. The van der Waals surface area contributed by atoms with E-state index < -0.39 is 0 Å². The number of hydrogen-bond acceptors (Lipinski definition) is 0. The summed E-state index contributed by atoms with van der Waals surface area (Å²) in [6.07, 6.45) is 17.6. The molecule has 4 bridgehead atoms. The molecule has 0 aromatic heterocycles. The SMILES string of the molecule is C1=CC2CC1CC2C12C=CC(CC1)C2. The number of allylic oxidation sites excluding steroid dienone is 4. The minimum atomic E-state index is 0.662. The fraction of sp³-hybridized carbons (Fsp3) is 0.714. The second kappa shape index (κ2) is 2.35. The van der Waals surface area contributed by atoms with Crippen LogP contribution in [0.15, 0.2) is 24.3 Å². The van der Waals surface area contributed by atoms with Crippen LogP contribution >= 0.6 is 0 Å². The molecule has 0 aliphatic heterocycles. The molecule has 14 heavy (non-hydrogen) atoms. The van der Waals surface area contributed by atoms with E-state index >= 15 is 0 Å². The van der Waals surface area contributed by atoms with E-state index in [1.165, 1.54) is 32.1 Å². The fourth-order valence-electron chi connectivity index (χ4n) is 4.69. The van der Waals surface area contributed by atoms with Crippen LogP contribution in [-0.2, 0) is 0 Å². The summed E-state index contributed by atoms with van der Waals surface area (Å²) in [7, 11) is 0. The Kier molecular flexibility index (Phi) is 1.30. The van der Waals surface area contributed by atoms with E-state index in [1.54, 1.807) is 0 Å². The second-order valence-corrected chi connectivity index (χ2v) is 5.98. The standard InChI is InChI=1S/C14H18/c1-2-12-7-11(1)8-13(12)14-5-3-10(9-14)4-6-14/h1-3,5,10-13H,4,6-9H2. The second-order valence-electron chi connectivity index (χ2n) is 5.98. The van der Waals surface area contributed by atoms with Crippen molar-refractivity contribution in [3.8, 4) is 0 Å². The van der Waals surface area contributed by atoms with Crippen molar-refractivity contribution < 1.29 is 0 Å². The molecule has 5 atom stereocenters. The minimum absolute atomic E-state index is 0.662. The van der Waals surface area contributed by atoms with Crippen LogP contribution in [0.1, 0.15) is 32.1 Å². The van der Waals surface area contributed by atoms with Crippen molar-refractivity contribution >= 4 is 0 Å². The molecule has 0 N–H and O–H groups in total. The first-order chi connectivity index (χ1) is 6.86. The summed E-state index contributed by atoms with van der Waals surface area (Å²) in [5.74, 6) is 3.87. The summed E-state index contributed by atoms with van der Waals surface area (Å²) in [6, 6.07) is 0. The molecule has 0 amide bonds. The molecule has 0 spiro atoms. The van der Waals surface area contributed by atoms with Crippen molar-refractivity contribution in [2.24, 2.45) is 29.1 Å². The van der Waals surface area contributed by atoms with Gasteiger partial charge in [-0.2, -0.15) is 0 Å². The normalized spacial score (nSPS) is 57.7. The molecule has 4 rings (SSSR count). The summed E-state index contributed by atoms with van der Waals surface area (Å²) in [4.78, 5) is 0. The van der Waals surface area contributed by atoms with Gasteiger partial charge in [-0.15, -0.1) is 0 Å². The zero-order valence-corrected chi connectivity index (χ0v) is 8.65. The Morgan fingerprint density at radius 1 is 1.00 bits per heavy atom. The lowest BCUT2D eigenvalue weighted by Crippen LogP contribution is -2.27. The summed E-state index contributed by atoms with van der Waals surface area (Å²) in [5, 5.41) is 0. The molecule has 0 aromatic rings. The van der Waals surface area contributed by atoms with Gasteiger partial charge in [0.25, 0.3) is 0 Å². The van der Waals surface area contributed by atoms with Crippen LogP contribution in [0, 0.1) is 29.1 Å². The lowest BCUT2D eigenvalue weighted by Gasteiger charge is -2.35. The van der Waals surface area contributed by atoms with Crippen LogP contribution in [0.4, 0.5) is 0 Å². The van der Waals surface area contributed by atoms with Gasteiger partial charge < -0.3 is 0 Å². The van der Waals surface area contributed by atoms with Crippen molar-refractivity contribution in [3.63, 3.8) is 0 Å². The summed E-state index contributed by atoms with van der Waals surface area (Å²) in [6.45, 7) is 0. The van der Waals surface area contributed by atoms with Crippen LogP contribution < -0.4 is 0 Å². The van der Waals surface area contributed by atoms with E-state index in [-0.39, 0.29) is 0 Å². The highest BCUT2D eigenvalue weighted by molar-refractivity contribution is 5.23. The number of rotatable bonds is 1. The van der Waals surface area contributed by atoms with E-state index in [1.807, 2.05) is 0 Å². The van der Waals surface area contributed by atoms with E-state index in [9.17, 15) is 0 Å². The lowest BCUT2D eigenvalue weighted by atomic mass is 9.69. The van der Waals surface area contributed by atoms with Crippen molar-refractivity contribution in [1.82, 2.24) is 0 Å². The van der Waals surface area contributed by atoms with Gasteiger partial charge in [0.2, 0.25) is 0 Å². The first-order valence-electron chi connectivity index (χ1n) is 6.23. The summed E-state index contributed by atoms with van der Waals surface area (Å²) in [5.41, 5.74) is 0.662. The van der Waals surface area contributed by atoms with Gasteiger partial charge in [-0.3, -0.25) is 0 Å². The maximum Gasteiger partial charge on any atom is -0.00783 e. The predicted octanol–water partition coefficient (Wildman–Crippen LogP) is 3.55. The van der Waals surface area contributed by atoms with Gasteiger partial charge in [0.15, 0.2) is 0 Å². The Morgan fingerprint density at radius 3 is 2.50 bits per heavy atom. The minimum Gasteiger partial charge on any atom is -0.0851 e. The molecule has 0 nitrogen and oxygen atoms in total. The molecule has 5 unspecified atom stereocenters. The van der Waals surface area contributed by atoms with Gasteiger partial charge in [0.05, 0.1) is 0 Å². The summed E-state index contributed by atoms with van der Waals surface area (Å²) >= 11 is 0. The van der Waals surface area contributed by atoms with Crippen molar-refractivity contribution in [2.75, 3.05) is 0 Å². The van der Waals surface area contributed by atoms with E-state index in [0.717, 1.165) is 23.7 Å². The first kappa shape index (κ1) is 7.73. The van der Waals surface area contributed by atoms with Crippen LogP contribution in [0.5, 0.6) is 0 Å². The van der Waals surface area contributed by atoms with Gasteiger partial charge in [-0.05, 0) is 61.2 Å². The van der Waals surface area contributed by atoms with E-state index in [2.05, 4.69) is 24.3 Å². The Labute approximate surface area is 86.1 Å². The van der Waals surface area contributed by atoms with Gasteiger partial charge in [-0.25, -0.2) is 0 Å². The molecule has 0 radical (unpaired) electrons. The highest BCUT2D eigenvalue weighted by Gasteiger charge is 2.52. The molecular weight excluding hydrogens is 168 g/mol. The maximum absolute atomic E-state index is 2.60. The zero-order chi connectivity index (χ0) is 9.17. The molecule has 0 heterocycles. The molecule has 74 valence electrons. The molecule has 0 aromatic carbocycles. The van der Waals surface area contributed by atoms with Gasteiger partial charge in [-0.1, -0.05) is 24.3 Å². The monoisotopic (exact) mass is 186 g/mol. The molecule has 0 heteroatoms. The highest BCUT2D eigenvalue weighted by atomic mass is 14.6. The van der Waals surface area contributed by atoms with Crippen LogP contribution in [0.2, 0.25) is 0 Å². The zero-order valence-electron chi connectivity index (χ0n) is 8.65. The largest absolute Gasteiger partial charge is 0.0851 e. The van der Waals surface area contributed by atoms with Gasteiger partial charge in [0.1, 0.15) is 0 Å². The maximum atomic E-state index is 2.60. The molecule has 4 aliphatic rings. The van der Waals surface area contributed by atoms with Gasteiger partial charge in [0, 0.05) is 0 Å². The molecule has 4 aliphatic carbocycles. The summed E-state index contributed by atoms with van der Waals surface area (Å²) < 4.78 is 0. The third kappa shape index (κ3) is 0.809. The van der Waals surface area contributed by atoms with Gasteiger partial charge >= 0.3 is 0 Å². The topological polar surface area (TPSA) is 0 Å². The van der Waals surface area contributed by atoms with Crippen molar-refractivity contribution in [2.45, 2.75) is 32.1 Å². The highest BCUT2D eigenvalue weighted by Crippen LogP contribution is 2.61. The van der Waals surface area contributed by atoms with E-state index in [0.29, 0.717) is 5.41 Å². The van der Waals surface area contributed by atoms with Crippen molar-refractivity contribution in [3.05, 3.63) is 24.3 Å². The van der Waals surface area contributed by atoms with Crippen LogP contribution in [-0.4, -0.2) is 0 Å². The fourth-order valence-corrected chi connectivity index (χ4v) is 4.69. The molecule has 2 fully saturated rings. The smallest absolute Gasteiger partial charge is 0.00783 e. The van der Waals surface area contributed by atoms with E-state index in [4.69, 9.17) is 0 Å². The molecular formula is C14H18. The third-order valence-corrected chi connectivity index (χ3v) is 5.34. The number of fused-ring (bicyclic) bond motifs is 4. The quantitative estimate of drug-likeness (QED) is 0.549.